The molecule has 0 radical (unpaired) electrons. The monoisotopic (exact) mass is 457 g/mol. The normalized spacial score (nSPS) is 17.8. The maximum absolute atomic E-state index is 8.81. The highest BCUT2D eigenvalue weighted by atomic mass is 35.5. The minimum atomic E-state index is 0.354. The third kappa shape index (κ3) is 5.29. The van der Waals surface area contributed by atoms with Crippen molar-refractivity contribution in [3.63, 3.8) is 0 Å². The largest absolute Gasteiger partial charge is 0.319 e. The Morgan fingerprint density at radius 3 is 2.58 bits per heavy atom. The second-order valence-corrected chi connectivity index (χ2v) is 9.19. The third-order valence-corrected chi connectivity index (χ3v) is 6.76. The van der Waals surface area contributed by atoms with Gasteiger partial charge in [-0.3, -0.25) is 9.56 Å². The van der Waals surface area contributed by atoms with Gasteiger partial charge in [0.05, 0.1) is 11.8 Å². The maximum Gasteiger partial charge on any atom is 0.134 e. The number of aryl methyl sites for hydroxylation is 2. The third-order valence-electron chi connectivity index (χ3n) is 5.30. The maximum atomic E-state index is 8.81. The number of rotatable bonds is 6. The van der Waals surface area contributed by atoms with E-state index in [2.05, 4.69) is 46.1 Å². The summed E-state index contributed by atoms with van der Waals surface area (Å²) in [6.07, 6.45) is 3.66. The Hall–Kier alpha value is -2.35. The first-order valence-electron chi connectivity index (χ1n) is 10.3. The molecule has 2 heterocycles. The summed E-state index contributed by atoms with van der Waals surface area (Å²) in [4.78, 5) is 15.3. The summed E-state index contributed by atoms with van der Waals surface area (Å²) in [5, 5.41) is 13.4. The van der Waals surface area contributed by atoms with Gasteiger partial charge in [0, 0.05) is 21.0 Å². The molecule has 0 spiro atoms. The van der Waals surface area contributed by atoms with Crippen molar-refractivity contribution in [1.82, 2.24) is 20.1 Å². The van der Waals surface area contributed by atoms with Crippen LogP contribution < -0.4 is 5.32 Å². The molecule has 0 aliphatic heterocycles. The average Bonchev–Trinajstić information content (AvgIpc) is 3.21. The van der Waals surface area contributed by atoms with Crippen LogP contribution in [0.4, 0.5) is 0 Å². The van der Waals surface area contributed by atoms with Gasteiger partial charge in [-0.05, 0) is 71.3 Å². The van der Waals surface area contributed by atoms with Crippen molar-refractivity contribution < 1.29 is 4.79 Å². The average molecular weight is 458 g/mol. The lowest BCUT2D eigenvalue weighted by molar-refractivity contribution is -0.106. The van der Waals surface area contributed by atoms with Gasteiger partial charge in [-0.25, -0.2) is 0 Å². The summed E-state index contributed by atoms with van der Waals surface area (Å²) in [5.74, 6) is 1.48. The minimum Gasteiger partial charge on any atom is -0.319 e. The molecule has 2 unspecified atom stereocenters. The van der Waals surface area contributed by atoms with E-state index in [-0.39, 0.29) is 0 Å². The van der Waals surface area contributed by atoms with Crippen LogP contribution in [0.3, 0.4) is 0 Å². The van der Waals surface area contributed by atoms with Gasteiger partial charge < -0.3 is 10.1 Å². The Kier molecular flexibility index (Phi) is 7.75. The van der Waals surface area contributed by atoms with Crippen molar-refractivity contribution >= 4 is 34.9 Å². The fourth-order valence-corrected chi connectivity index (χ4v) is 4.78. The van der Waals surface area contributed by atoms with E-state index in [0.29, 0.717) is 12.0 Å². The molecule has 0 bridgehead atoms. The second kappa shape index (κ2) is 10.3. The number of hydrogen-bond donors (Lipinski definition) is 1. The fraction of sp³-hybridized carbons (Fsp3) is 0.391. The summed E-state index contributed by atoms with van der Waals surface area (Å²) in [6, 6.07) is 8.34. The number of carbonyl (C=O) groups excluding carboxylic acids is 1. The highest BCUT2D eigenvalue weighted by Gasteiger charge is 2.37. The molecule has 3 aromatic rings. The van der Waals surface area contributed by atoms with Crippen LogP contribution in [0, 0.1) is 26.7 Å². The topological polar surface area (TPSA) is 72.2 Å². The number of halogens is 1. The zero-order chi connectivity index (χ0) is 22.5. The Balaban J connectivity index is 0.000000858. The van der Waals surface area contributed by atoms with E-state index in [4.69, 9.17) is 21.4 Å². The van der Waals surface area contributed by atoms with Gasteiger partial charge in [0.15, 0.2) is 0 Å². The first kappa shape index (κ1) is 23.3. The zero-order valence-corrected chi connectivity index (χ0v) is 20.1. The van der Waals surface area contributed by atoms with Gasteiger partial charge in [0.1, 0.15) is 23.4 Å². The van der Waals surface area contributed by atoms with Crippen LogP contribution in [-0.2, 0) is 4.79 Å². The Morgan fingerprint density at radius 1 is 1.32 bits per heavy atom. The molecule has 164 valence electrons. The number of hydrogen-bond acceptors (Lipinski definition) is 6. The smallest absolute Gasteiger partial charge is 0.134 e. The van der Waals surface area contributed by atoms with Crippen LogP contribution >= 0.6 is 22.9 Å². The number of nitrogens with one attached hydrogen (secondary N) is 1. The predicted molar refractivity (Wildman–Crippen MR) is 128 cm³/mol. The van der Waals surface area contributed by atoms with Crippen LogP contribution in [-0.4, -0.2) is 46.4 Å². The lowest BCUT2D eigenvalue weighted by atomic mass is 9.99. The fourth-order valence-electron chi connectivity index (χ4n) is 3.48. The van der Waals surface area contributed by atoms with Gasteiger partial charge >= 0.3 is 0 Å². The summed E-state index contributed by atoms with van der Waals surface area (Å²) in [5.41, 5.74) is 4.55. The Bertz CT molecular complexity index is 1070. The van der Waals surface area contributed by atoms with Crippen molar-refractivity contribution in [2.24, 2.45) is 10.9 Å². The molecule has 0 saturated heterocycles. The van der Waals surface area contributed by atoms with Gasteiger partial charge in [0.25, 0.3) is 0 Å². The molecule has 1 aliphatic rings. The molecule has 31 heavy (non-hydrogen) atoms. The SMILES string of the molecule is CC=O.CNCC1CC1N=C(c1ccc(Cl)cc1)c1c(-n2cnnc2C)sc(C)c1C. The van der Waals surface area contributed by atoms with E-state index >= 15 is 0 Å². The van der Waals surface area contributed by atoms with Gasteiger partial charge in [-0.1, -0.05) is 23.7 Å². The second-order valence-electron chi connectivity index (χ2n) is 7.55. The van der Waals surface area contributed by atoms with E-state index < -0.39 is 0 Å². The lowest BCUT2D eigenvalue weighted by Crippen LogP contribution is -2.13. The van der Waals surface area contributed by atoms with Gasteiger partial charge in [0.2, 0.25) is 0 Å². The molecule has 1 saturated carbocycles. The summed E-state index contributed by atoms with van der Waals surface area (Å²) in [6.45, 7) is 8.76. The van der Waals surface area contributed by atoms with Crippen LogP contribution in [0.5, 0.6) is 0 Å². The zero-order valence-electron chi connectivity index (χ0n) is 18.5. The molecule has 2 aromatic heterocycles. The summed E-state index contributed by atoms with van der Waals surface area (Å²) >= 11 is 7.91. The minimum absolute atomic E-state index is 0.354. The lowest BCUT2D eigenvalue weighted by Gasteiger charge is -2.12. The van der Waals surface area contributed by atoms with Gasteiger partial charge in [-0.2, -0.15) is 0 Å². The van der Waals surface area contributed by atoms with Crippen molar-refractivity contribution in [3.05, 3.63) is 63.0 Å². The molecular formula is C23H28ClN5OS. The summed E-state index contributed by atoms with van der Waals surface area (Å²) < 4.78 is 2.06. The number of nitrogens with zero attached hydrogens (tertiary/aromatic N) is 4. The first-order chi connectivity index (χ1) is 14.9. The van der Waals surface area contributed by atoms with E-state index in [1.165, 1.54) is 22.9 Å². The first-order valence-corrected chi connectivity index (χ1v) is 11.5. The van der Waals surface area contributed by atoms with E-state index in [1.807, 2.05) is 26.1 Å². The van der Waals surface area contributed by atoms with E-state index in [9.17, 15) is 0 Å². The molecule has 6 nitrogen and oxygen atoms in total. The van der Waals surface area contributed by atoms with Crippen molar-refractivity contribution in [1.29, 1.82) is 0 Å². The van der Waals surface area contributed by atoms with E-state index in [1.54, 1.807) is 17.7 Å². The van der Waals surface area contributed by atoms with Gasteiger partial charge in [-0.15, -0.1) is 21.5 Å². The molecule has 1 aromatic carbocycles. The van der Waals surface area contributed by atoms with Crippen molar-refractivity contribution in [2.75, 3.05) is 13.6 Å². The molecule has 4 rings (SSSR count). The Morgan fingerprint density at radius 2 is 2.00 bits per heavy atom. The molecule has 2 atom stereocenters. The predicted octanol–water partition coefficient (Wildman–Crippen LogP) is 4.56. The molecular weight excluding hydrogens is 430 g/mol. The van der Waals surface area contributed by atoms with Crippen molar-refractivity contribution in [2.45, 2.75) is 40.2 Å². The quantitative estimate of drug-likeness (QED) is 0.435. The van der Waals surface area contributed by atoms with Crippen LogP contribution in [0.25, 0.3) is 5.00 Å². The number of aromatic nitrogens is 3. The summed E-state index contributed by atoms with van der Waals surface area (Å²) in [7, 11) is 2.00. The highest BCUT2D eigenvalue weighted by Crippen LogP contribution is 2.38. The molecule has 0 amide bonds. The number of benzene rings is 1. The number of carbonyl (C=O) groups is 1. The Labute approximate surface area is 192 Å². The molecule has 1 fully saturated rings. The van der Waals surface area contributed by atoms with E-state index in [0.717, 1.165) is 46.4 Å². The van der Waals surface area contributed by atoms with Crippen LogP contribution in [0.2, 0.25) is 5.02 Å². The number of aliphatic imine (C=N–C) groups is 1. The van der Waals surface area contributed by atoms with Crippen molar-refractivity contribution in [3.8, 4) is 5.00 Å². The highest BCUT2D eigenvalue weighted by molar-refractivity contribution is 7.15. The van der Waals surface area contributed by atoms with Crippen LogP contribution in [0.15, 0.2) is 35.6 Å². The molecule has 1 N–H and O–H groups in total. The van der Waals surface area contributed by atoms with Crippen LogP contribution in [0.1, 0.15) is 40.7 Å². The number of thiophene rings is 1. The molecule has 8 heteroatoms. The molecule has 1 aliphatic carbocycles. The number of aldehydes is 1. The standard InChI is InChI=1S/C21H24ClN5S.C2H4O/c1-12-13(2)28-21(27-11-24-26-14(27)3)19(12)20(15-5-7-17(22)8-6-15)25-18-9-16(18)10-23-4;1-2-3/h5-8,11,16,18,23H,9-10H2,1-4H3;2H,1H3.